The molecule has 0 spiro atoms. The van der Waals surface area contributed by atoms with Gasteiger partial charge >= 0.3 is 0 Å². The fourth-order valence-corrected chi connectivity index (χ4v) is 3.27. The lowest BCUT2D eigenvalue weighted by molar-refractivity contribution is 0.0272. The molecule has 0 bridgehead atoms. The molecule has 1 aliphatic carbocycles. The summed E-state index contributed by atoms with van der Waals surface area (Å²) in [6, 6.07) is 17.0. The van der Waals surface area contributed by atoms with Crippen LogP contribution in [-0.2, 0) is 10.3 Å². The average Bonchev–Trinajstić information content (AvgIpc) is 2.84. The molecule has 0 saturated carbocycles. The van der Waals surface area contributed by atoms with Crippen LogP contribution >= 0.6 is 0 Å². The molecule has 0 radical (unpaired) electrons. The van der Waals surface area contributed by atoms with Crippen molar-refractivity contribution >= 4 is 0 Å². The van der Waals surface area contributed by atoms with Gasteiger partial charge in [0.1, 0.15) is 0 Å². The van der Waals surface area contributed by atoms with Crippen LogP contribution in [0.25, 0.3) is 11.1 Å². The van der Waals surface area contributed by atoms with Crippen molar-refractivity contribution in [1.82, 2.24) is 0 Å². The average molecular weight is 290 g/mol. The van der Waals surface area contributed by atoms with Crippen LogP contribution in [0.15, 0.2) is 48.5 Å². The second-order valence-corrected chi connectivity index (χ2v) is 5.70. The van der Waals surface area contributed by atoms with Crippen LogP contribution in [-0.4, -0.2) is 6.61 Å². The van der Waals surface area contributed by atoms with E-state index in [2.05, 4.69) is 67.3 Å². The fraction of sp³-hybridized carbons (Fsp3) is 0.333. The molecule has 22 heavy (non-hydrogen) atoms. The van der Waals surface area contributed by atoms with E-state index in [0.717, 1.165) is 13.0 Å². The van der Waals surface area contributed by atoms with Crippen LogP contribution in [0.1, 0.15) is 44.2 Å². The largest absolute Gasteiger partial charge is 0.354 e. The topological polar surface area (TPSA) is 9.23 Å². The van der Waals surface area contributed by atoms with Gasteiger partial charge in [-0.15, -0.1) is 5.92 Å². The maximum absolute atomic E-state index is 6.41. The molecule has 0 unspecified atom stereocenters. The van der Waals surface area contributed by atoms with Crippen molar-refractivity contribution in [2.75, 3.05) is 6.61 Å². The SMILES string of the molecule is CC#CC1(OCCCCC)c2ccccc2-c2ccccc21. The van der Waals surface area contributed by atoms with Gasteiger partial charge in [0.05, 0.1) is 0 Å². The molecule has 1 aliphatic rings. The summed E-state index contributed by atoms with van der Waals surface area (Å²) in [4.78, 5) is 0. The Morgan fingerprint density at radius 3 is 2.05 bits per heavy atom. The minimum atomic E-state index is -0.602. The summed E-state index contributed by atoms with van der Waals surface area (Å²) < 4.78 is 6.41. The van der Waals surface area contributed by atoms with Crippen LogP contribution in [0.2, 0.25) is 0 Å². The molecular weight excluding hydrogens is 268 g/mol. The Morgan fingerprint density at radius 1 is 0.909 bits per heavy atom. The van der Waals surface area contributed by atoms with Crippen LogP contribution in [0.3, 0.4) is 0 Å². The lowest BCUT2D eigenvalue weighted by atomic mass is 9.91. The van der Waals surface area contributed by atoms with E-state index < -0.39 is 5.60 Å². The second kappa shape index (κ2) is 6.38. The van der Waals surface area contributed by atoms with Gasteiger partial charge in [-0.2, -0.15) is 0 Å². The van der Waals surface area contributed by atoms with Gasteiger partial charge < -0.3 is 4.74 Å². The van der Waals surface area contributed by atoms with E-state index in [9.17, 15) is 0 Å². The van der Waals surface area contributed by atoms with Gasteiger partial charge in [0.15, 0.2) is 5.60 Å². The molecule has 1 nitrogen and oxygen atoms in total. The normalized spacial score (nSPS) is 13.9. The monoisotopic (exact) mass is 290 g/mol. The Hall–Kier alpha value is -2.04. The summed E-state index contributed by atoms with van der Waals surface area (Å²) in [5, 5.41) is 0. The molecule has 0 saturated heterocycles. The summed E-state index contributed by atoms with van der Waals surface area (Å²) in [6.07, 6.45) is 3.47. The molecule has 0 atom stereocenters. The zero-order valence-corrected chi connectivity index (χ0v) is 13.4. The van der Waals surface area contributed by atoms with E-state index in [1.165, 1.54) is 35.1 Å². The number of hydrogen-bond donors (Lipinski definition) is 0. The molecule has 0 heterocycles. The highest BCUT2D eigenvalue weighted by atomic mass is 16.5. The molecule has 0 fully saturated rings. The first-order valence-corrected chi connectivity index (χ1v) is 8.10. The molecule has 2 aromatic rings. The van der Waals surface area contributed by atoms with Crippen LogP contribution in [0, 0.1) is 11.8 Å². The Bertz CT molecular complexity index is 672. The highest BCUT2D eigenvalue weighted by molar-refractivity contribution is 5.82. The van der Waals surface area contributed by atoms with Crippen molar-refractivity contribution in [1.29, 1.82) is 0 Å². The Kier molecular flexibility index (Phi) is 4.32. The molecule has 0 aliphatic heterocycles. The maximum Gasteiger partial charge on any atom is 0.180 e. The minimum absolute atomic E-state index is 0.602. The second-order valence-electron chi connectivity index (χ2n) is 5.70. The van der Waals surface area contributed by atoms with Gasteiger partial charge in [0, 0.05) is 17.7 Å². The summed E-state index contributed by atoms with van der Waals surface area (Å²) in [5.74, 6) is 6.47. The number of fused-ring (bicyclic) bond motifs is 3. The summed E-state index contributed by atoms with van der Waals surface area (Å²) in [5.41, 5.74) is 4.26. The van der Waals surface area contributed by atoms with Gasteiger partial charge in [-0.1, -0.05) is 74.2 Å². The molecule has 3 rings (SSSR count). The van der Waals surface area contributed by atoms with Gasteiger partial charge in [-0.3, -0.25) is 0 Å². The van der Waals surface area contributed by atoms with Gasteiger partial charge in [0.2, 0.25) is 0 Å². The van der Waals surface area contributed by atoms with E-state index in [0.29, 0.717) is 0 Å². The van der Waals surface area contributed by atoms with E-state index in [4.69, 9.17) is 4.74 Å². The van der Waals surface area contributed by atoms with Crippen LogP contribution in [0.5, 0.6) is 0 Å². The molecule has 2 aromatic carbocycles. The van der Waals surface area contributed by atoms with Crippen LogP contribution in [0.4, 0.5) is 0 Å². The van der Waals surface area contributed by atoms with Crippen molar-refractivity contribution < 1.29 is 4.74 Å². The number of hydrogen-bond acceptors (Lipinski definition) is 1. The van der Waals surface area contributed by atoms with Crippen LogP contribution < -0.4 is 0 Å². The third-order valence-corrected chi connectivity index (χ3v) is 4.27. The Labute approximate surface area is 133 Å². The van der Waals surface area contributed by atoms with E-state index in [-0.39, 0.29) is 0 Å². The quantitative estimate of drug-likeness (QED) is 0.547. The first-order valence-electron chi connectivity index (χ1n) is 8.10. The van der Waals surface area contributed by atoms with Crippen molar-refractivity contribution in [3.8, 4) is 23.0 Å². The molecule has 1 heteroatoms. The van der Waals surface area contributed by atoms with Crippen molar-refractivity contribution in [3.05, 3.63) is 59.7 Å². The third kappa shape index (κ3) is 2.34. The molecule has 112 valence electrons. The predicted molar refractivity (Wildman–Crippen MR) is 91.6 cm³/mol. The van der Waals surface area contributed by atoms with Gasteiger partial charge in [-0.25, -0.2) is 0 Å². The summed E-state index contributed by atoms with van der Waals surface area (Å²) >= 11 is 0. The lowest BCUT2D eigenvalue weighted by Gasteiger charge is -2.27. The summed E-state index contributed by atoms with van der Waals surface area (Å²) in [7, 11) is 0. The van der Waals surface area contributed by atoms with Crippen molar-refractivity contribution in [2.45, 2.75) is 38.7 Å². The maximum atomic E-state index is 6.41. The number of benzene rings is 2. The van der Waals surface area contributed by atoms with Crippen molar-refractivity contribution in [3.63, 3.8) is 0 Å². The van der Waals surface area contributed by atoms with Gasteiger partial charge in [0.25, 0.3) is 0 Å². The van der Waals surface area contributed by atoms with E-state index >= 15 is 0 Å². The Balaban J connectivity index is 2.09. The fourth-order valence-electron chi connectivity index (χ4n) is 3.27. The smallest absolute Gasteiger partial charge is 0.180 e. The number of rotatable bonds is 5. The third-order valence-electron chi connectivity index (χ3n) is 4.27. The van der Waals surface area contributed by atoms with E-state index in [1.54, 1.807) is 0 Å². The number of ether oxygens (including phenoxy) is 1. The molecular formula is C21H22O. The lowest BCUT2D eigenvalue weighted by Crippen LogP contribution is -2.27. The Morgan fingerprint density at radius 2 is 1.50 bits per heavy atom. The van der Waals surface area contributed by atoms with E-state index in [1.807, 2.05) is 6.92 Å². The zero-order valence-electron chi connectivity index (χ0n) is 13.4. The summed E-state index contributed by atoms with van der Waals surface area (Å²) in [6.45, 7) is 4.84. The highest BCUT2D eigenvalue weighted by Crippen LogP contribution is 2.49. The standard InChI is InChI=1S/C21H22O/c1-3-5-10-16-22-21(15-4-2)19-13-8-6-11-17(19)18-12-7-9-14-20(18)21/h6-9,11-14H,3,5,10,16H2,1-2H3. The first kappa shape index (κ1) is 14.9. The highest BCUT2D eigenvalue weighted by Gasteiger charge is 2.42. The molecule has 0 N–H and O–H groups in total. The predicted octanol–water partition coefficient (Wildman–Crippen LogP) is 5.14. The zero-order chi connectivity index (χ0) is 15.4. The minimum Gasteiger partial charge on any atom is -0.354 e. The first-order chi connectivity index (χ1) is 10.8. The van der Waals surface area contributed by atoms with Crippen molar-refractivity contribution in [2.24, 2.45) is 0 Å². The molecule has 0 amide bonds. The molecule has 0 aromatic heterocycles. The number of unbranched alkanes of at least 4 members (excludes halogenated alkanes) is 2. The van der Waals surface area contributed by atoms with Gasteiger partial charge in [-0.05, 0) is 24.5 Å².